The molecule has 0 atom stereocenters. The van der Waals surface area contributed by atoms with Gasteiger partial charge in [0.15, 0.2) is 0 Å². The molecule has 0 aliphatic carbocycles. The van der Waals surface area contributed by atoms with E-state index in [1.807, 2.05) is 45.3 Å². The molecular weight excluding hydrogens is 801 g/mol. The molecule has 0 saturated heterocycles. The van der Waals surface area contributed by atoms with Gasteiger partial charge in [0, 0.05) is 103 Å². The van der Waals surface area contributed by atoms with Crippen LogP contribution in [0.5, 0.6) is 0 Å². The Hall–Kier alpha value is -6.50. The summed E-state index contributed by atoms with van der Waals surface area (Å²) >= 11 is 7.50. The van der Waals surface area contributed by atoms with E-state index in [0.29, 0.717) is 0 Å². The molecule has 0 radical (unpaired) electrons. The van der Waals surface area contributed by atoms with Crippen LogP contribution in [0.3, 0.4) is 0 Å². The van der Waals surface area contributed by atoms with E-state index >= 15 is 0 Å². The lowest BCUT2D eigenvalue weighted by Gasteiger charge is -1.98. The van der Waals surface area contributed by atoms with Gasteiger partial charge in [0.1, 0.15) is 0 Å². The molecular formula is C56H32S4. The predicted molar refractivity (Wildman–Crippen MR) is 268 cm³/mol. The molecule has 0 fully saturated rings. The molecule has 0 aliphatic heterocycles. The first-order valence-corrected chi connectivity index (χ1v) is 23.2. The lowest BCUT2D eigenvalue weighted by atomic mass is 10.1. The SMILES string of the molecule is Cc1ccc(C#Cc2ccc3c(c2)sc2cc4c(cc23)sc2cc(C=Cc3ccc5c(c3)sc3cc6c(cc35)sc3cc(C#Cc5ccc(C)cc5)ccc36)ccc24)cc1. The van der Waals surface area contributed by atoms with Crippen molar-refractivity contribution in [3.63, 3.8) is 0 Å². The highest BCUT2D eigenvalue weighted by Crippen LogP contribution is 2.44. The first-order valence-electron chi connectivity index (χ1n) is 19.9. The molecule has 0 spiro atoms. The standard InChI is InChI=1S/C56H32S4/c1-33-3-7-35(8-4-33)11-13-37-17-21-41-45-29-55-47(31-53(45)57-49(41)25-37)43-23-19-39(27-51(43)59-55)15-16-40-20-24-44-48-32-54-46(30-56(48)60-52(44)28-40)42-22-18-38(26-50(42)58-54)14-12-36-9-5-34(2)6-10-36/h3-10,15-32H,1-2H3. The summed E-state index contributed by atoms with van der Waals surface area (Å²) in [6.07, 6.45) is 4.51. The van der Waals surface area contributed by atoms with Crippen molar-refractivity contribution in [1.29, 1.82) is 0 Å². The van der Waals surface area contributed by atoms with Crippen molar-refractivity contribution in [1.82, 2.24) is 0 Å². The van der Waals surface area contributed by atoms with Crippen LogP contribution < -0.4 is 0 Å². The molecule has 60 heavy (non-hydrogen) atoms. The third-order valence-electron chi connectivity index (χ3n) is 11.5. The van der Waals surface area contributed by atoms with Gasteiger partial charge in [0.25, 0.3) is 0 Å². The summed E-state index contributed by atoms with van der Waals surface area (Å²) in [4.78, 5) is 0. The predicted octanol–water partition coefficient (Wildman–Crippen LogP) is 16.7. The molecule has 0 unspecified atom stereocenters. The maximum absolute atomic E-state index is 3.38. The third kappa shape index (κ3) is 6.29. The molecule has 0 aliphatic rings. The van der Waals surface area contributed by atoms with E-state index in [-0.39, 0.29) is 0 Å². The largest absolute Gasteiger partial charge is 0.135 e. The maximum atomic E-state index is 3.38. The quantitative estimate of drug-likeness (QED) is 0.120. The summed E-state index contributed by atoms with van der Waals surface area (Å²) < 4.78 is 10.5. The van der Waals surface area contributed by atoms with E-state index in [4.69, 9.17) is 0 Å². The topological polar surface area (TPSA) is 0 Å². The molecule has 8 aromatic carbocycles. The van der Waals surface area contributed by atoms with Crippen LogP contribution in [0, 0.1) is 37.5 Å². The summed E-state index contributed by atoms with van der Waals surface area (Å²) in [5, 5.41) is 10.6. The van der Waals surface area contributed by atoms with Crippen LogP contribution >= 0.6 is 45.3 Å². The maximum Gasteiger partial charge on any atom is 0.0367 e. The molecule has 0 saturated carbocycles. The van der Waals surface area contributed by atoms with Crippen molar-refractivity contribution in [2.45, 2.75) is 13.8 Å². The highest BCUT2D eigenvalue weighted by Gasteiger charge is 2.14. The van der Waals surface area contributed by atoms with Crippen LogP contribution in [-0.2, 0) is 0 Å². The number of hydrogen-bond acceptors (Lipinski definition) is 4. The van der Waals surface area contributed by atoms with Gasteiger partial charge >= 0.3 is 0 Å². The van der Waals surface area contributed by atoms with E-state index in [9.17, 15) is 0 Å². The van der Waals surface area contributed by atoms with E-state index in [2.05, 4.69) is 195 Å². The van der Waals surface area contributed by atoms with Crippen molar-refractivity contribution >= 4 is 138 Å². The zero-order valence-corrected chi connectivity index (χ0v) is 35.9. The number of hydrogen-bond donors (Lipinski definition) is 0. The van der Waals surface area contributed by atoms with E-state index in [1.54, 1.807) is 0 Å². The highest BCUT2D eigenvalue weighted by molar-refractivity contribution is 7.28. The van der Waals surface area contributed by atoms with E-state index in [0.717, 1.165) is 22.3 Å². The van der Waals surface area contributed by atoms with Crippen LogP contribution in [0.25, 0.3) is 92.8 Å². The second kappa shape index (κ2) is 14.1. The van der Waals surface area contributed by atoms with Gasteiger partial charge in [-0.2, -0.15) is 0 Å². The van der Waals surface area contributed by atoms with Crippen molar-refractivity contribution in [3.05, 3.63) is 190 Å². The van der Waals surface area contributed by atoms with Gasteiger partial charge in [-0.05, 0) is 110 Å². The van der Waals surface area contributed by atoms with Gasteiger partial charge in [0.2, 0.25) is 0 Å². The Morgan fingerprint density at radius 1 is 0.283 bits per heavy atom. The molecule has 0 bridgehead atoms. The minimum absolute atomic E-state index is 1.04. The molecule has 0 N–H and O–H groups in total. The minimum atomic E-state index is 1.04. The summed E-state index contributed by atoms with van der Waals surface area (Å²) in [6.45, 7) is 4.21. The Morgan fingerprint density at radius 3 is 0.933 bits per heavy atom. The van der Waals surface area contributed by atoms with Gasteiger partial charge in [-0.15, -0.1) is 45.3 Å². The normalized spacial score (nSPS) is 11.8. The fourth-order valence-corrected chi connectivity index (χ4v) is 12.9. The number of rotatable bonds is 2. The number of fused-ring (bicyclic) bond motifs is 12. The zero-order chi connectivity index (χ0) is 39.9. The lowest BCUT2D eigenvalue weighted by molar-refractivity contribution is 1.46. The summed E-state index contributed by atoms with van der Waals surface area (Å²) in [7, 11) is 0. The Balaban J connectivity index is 0.812. The van der Waals surface area contributed by atoms with E-state index in [1.165, 1.54) is 103 Å². The highest BCUT2D eigenvalue weighted by atomic mass is 32.1. The first kappa shape index (κ1) is 35.4. The number of aryl methyl sites for hydroxylation is 2. The molecule has 12 aromatic rings. The van der Waals surface area contributed by atoms with Crippen molar-refractivity contribution in [2.24, 2.45) is 0 Å². The van der Waals surface area contributed by atoms with Crippen LogP contribution in [-0.4, -0.2) is 0 Å². The molecule has 0 nitrogen and oxygen atoms in total. The Labute approximate surface area is 363 Å². The fourth-order valence-electron chi connectivity index (χ4n) is 8.24. The average molecular weight is 833 g/mol. The van der Waals surface area contributed by atoms with Crippen molar-refractivity contribution in [2.75, 3.05) is 0 Å². The summed E-state index contributed by atoms with van der Waals surface area (Å²) in [5.74, 6) is 13.4. The Bertz CT molecular complexity index is 3640. The zero-order valence-electron chi connectivity index (χ0n) is 32.6. The lowest BCUT2D eigenvalue weighted by Crippen LogP contribution is -1.77. The average Bonchev–Trinajstić information content (AvgIpc) is 4.02. The summed E-state index contributed by atoms with van der Waals surface area (Å²) in [5.41, 5.74) is 9.12. The molecule has 4 heteroatoms. The molecule has 12 rings (SSSR count). The van der Waals surface area contributed by atoms with Gasteiger partial charge < -0.3 is 0 Å². The van der Waals surface area contributed by atoms with Gasteiger partial charge in [-0.25, -0.2) is 0 Å². The van der Waals surface area contributed by atoms with Crippen LogP contribution in [0.1, 0.15) is 44.5 Å². The summed E-state index contributed by atoms with van der Waals surface area (Å²) in [6, 6.07) is 53.5. The first-order chi connectivity index (χ1) is 29.4. The van der Waals surface area contributed by atoms with Crippen molar-refractivity contribution in [3.8, 4) is 23.7 Å². The second-order valence-corrected chi connectivity index (χ2v) is 19.9. The van der Waals surface area contributed by atoms with Crippen molar-refractivity contribution < 1.29 is 0 Å². The Kier molecular flexibility index (Phi) is 8.31. The van der Waals surface area contributed by atoms with Gasteiger partial charge in [-0.3, -0.25) is 0 Å². The monoisotopic (exact) mass is 832 g/mol. The molecule has 0 amide bonds. The number of benzene rings is 8. The van der Waals surface area contributed by atoms with Crippen LogP contribution in [0.4, 0.5) is 0 Å². The fraction of sp³-hybridized carbons (Fsp3) is 0.0357. The molecule has 280 valence electrons. The van der Waals surface area contributed by atoms with Gasteiger partial charge in [0.05, 0.1) is 0 Å². The third-order valence-corrected chi connectivity index (χ3v) is 15.9. The number of thiophene rings is 4. The van der Waals surface area contributed by atoms with Gasteiger partial charge in [-0.1, -0.05) is 108 Å². The second-order valence-electron chi connectivity index (χ2n) is 15.6. The molecule has 4 heterocycles. The Morgan fingerprint density at radius 2 is 0.567 bits per heavy atom. The van der Waals surface area contributed by atoms with E-state index < -0.39 is 0 Å². The van der Waals surface area contributed by atoms with Crippen LogP contribution in [0.2, 0.25) is 0 Å². The minimum Gasteiger partial charge on any atom is -0.135 e. The smallest absolute Gasteiger partial charge is 0.0367 e. The molecule has 4 aromatic heterocycles. The van der Waals surface area contributed by atoms with Crippen LogP contribution in [0.15, 0.2) is 146 Å².